The molecular weight excluding hydrogens is 374 g/mol. The number of carbonyl (C=O) groups is 1. The first-order valence-corrected chi connectivity index (χ1v) is 11.1. The van der Waals surface area contributed by atoms with Crippen LogP contribution in [0.15, 0.2) is 41.1 Å². The Balaban J connectivity index is 1.35. The Morgan fingerprint density at radius 1 is 1.15 bits per heavy atom. The number of nitrogens with one attached hydrogen (secondary N) is 2. The van der Waals surface area contributed by atoms with Crippen LogP contribution in [0.3, 0.4) is 0 Å². The van der Waals surface area contributed by atoms with Gasteiger partial charge in [-0.05, 0) is 23.9 Å². The number of nitrogens with zero attached hydrogens (tertiary/aromatic N) is 1. The van der Waals surface area contributed by atoms with Crippen LogP contribution in [0.2, 0.25) is 0 Å². The molecule has 1 amide bonds. The van der Waals surface area contributed by atoms with E-state index in [2.05, 4.69) is 39.9 Å². The van der Waals surface area contributed by atoms with Crippen LogP contribution in [-0.2, 0) is 13.1 Å². The van der Waals surface area contributed by atoms with Crippen molar-refractivity contribution in [3.63, 3.8) is 0 Å². The Morgan fingerprint density at radius 2 is 1.89 bits per heavy atom. The van der Waals surface area contributed by atoms with E-state index in [0.717, 1.165) is 28.4 Å². The van der Waals surface area contributed by atoms with Crippen molar-refractivity contribution in [1.82, 2.24) is 10.3 Å². The highest BCUT2D eigenvalue weighted by Crippen LogP contribution is 2.29. The second-order valence-corrected chi connectivity index (χ2v) is 8.86. The minimum atomic E-state index is -0.0444. The molecule has 4 rings (SSSR count). The number of rotatable bonds is 6. The number of thiazole rings is 1. The summed E-state index contributed by atoms with van der Waals surface area (Å²) in [5, 5.41) is 8.04. The third-order valence-corrected chi connectivity index (χ3v) is 6.90. The van der Waals surface area contributed by atoms with Gasteiger partial charge < -0.3 is 10.2 Å². The number of hydrogen-bond acceptors (Lipinski definition) is 4. The van der Waals surface area contributed by atoms with Gasteiger partial charge in [-0.25, -0.2) is 4.98 Å². The van der Waals surface area contributed by atoms with E-state index >= 15 is 0 Å². The highest BCUT2D eigenvalue weighted by atomic mass is 32.1. The third-order valence-electron chi connectivity index (χ3n) is 5.01. The van der Waals surface area contributed by atoms with Gasteiger partial charge in [-0.2, -0.15) is 11.3 Å². The number of amides is 1. The van der Waals surface area contributed by atoms with Crippen molar-refractivity contribution >= 4 is 28.6 Å². The number of quaternary nitrogens is 1. The SMILES string of the molecule is Cc1nc(-c2ccsc2)sc1C(=O)NCc1ccc(C[NH+]2CCCC2)cc1. The third kappa shape index (κ3) is 4.46. The molecule has 2 aromatic heterocycles. The molecular formula is C21H24N3OS2+. The van der Waals surface area contributed by atoms with E-state index in [1.807, 2.05) is 18.4 Å². The van der Waals surface area contributed by atoms with E-state index in [1.54, 1.807) is 16.2 Å². The summed E-state index contributed by atoms with van der Waals surface area (Å²) in [6.45, 7) is 6.13. The summed E-state index contributed by atoms with van der Waals surface area (Å²) >= 11 is 3.10. The molecule has 1 aromatic carbocycles. The van der Waals surface area contributed by atoms with Gasteiger partial charge in [0.05, 0.1) is 18.8 Å². The van der Waals surface area contributed by atoms with Crippen molar-refractivity contribution in [2.24, 2.45) is 0 Å². The highest BCUT2D eigenvalue weighted by molar-refractivity contribution is 7.17. The minimum Gasteiger partial charge on any atom is -0.347 e. The Bertz CT molecular complexity index is 894. The molecule has 1 fully saturated rings. The monoisotopic (exact) mass is 398 g/mol. The number of carbonyl (C=O) groups excluding carboxylic acids is 1. The number of hydrogen-bond donors (Lipinski definition) is 2. The normalized spacial score (nSPS) is 14.6. The Labute approximate surface area is 167 Å². The van der Waals surface area contributed by atoms with Crippen LogP contribution in [0.1, 0.15) is 39.3 Å². The van der Waals surface area contributed by atoms with Crippen molar-refractivity contribution in [1.29, 1.82) is 0 Å². The molecule has 27 heavy (non-hydrogen) atoms. The van der Waals surface area contributed by atoms with Crippen LogP contribution < -0.4 is 10.2 Å². The van der Waals surface area contributed by atoms with E-state index in [0.29, 0.717) is 11.4 Å². The van der Waals surface area contributed by atoms with Crippen molar-refractivity contribution in [2.45, 2.75) is 32.9 Å². The van der Waals surface area contributed by atoms with E-state index in [1.165, 1.54) is 42.8 Å². The van der Waals surface area contributed by atoms with Crippen molar-refractivity contribution in [3.05, 3.63) is 62.8 Å². The van der Waals surface area contributed by atoms with Gasteiger partial charge in [0.15, 0.2) is 0 Å². The van der Waals surface area contributed by atoms with Crippen LogP contribution in [0.4, 0.5) is 0 Å². The summed E-state index contributed by atoms with van der Waals surface area (Å²) in [6.07, 6.45) is 2.70. The number of likely N-dealkylation sites (tertiary alicyclic amines) is 1. The van der Waals surface area contributed by atoms with Crippen LogP contribution in [0.25, 0.3) is 10.6 Å². The maximum absolute atomic E-state index is 12.6. The lowest BCUT2D eigenvalue weighted by atomic mass is 10.1. The number of benzene rings is 1. The summed E-state index contributed by atoms with van der Waals surface area (Å²) < 4.78 is 0. The molecule has 2 N–H and O–H groups in total. The Hall–Kier alpha value is -2.02. The molecule has 1 saturated heterocycles. The second kappa shape index (κ2) is 8.33. The lowest BCUT2D eigenvalue weighted by molar-refractivity contribution is -0.901. The molecule has 1 aliphatic heterocycles. The van der Waals surface area contributed by atoms with Crippen LogP contribution >= 0.6 is 22.7 Å². The Morgan fingerprint density at radius 3 is 2.59 bits per heavy atom. The smallest absolute Gasteiger partial charge is 0.263 e. The topological polar surface area (TPSA) is 46.4 Å². The molecule has 4 nitrogen and oxygen atoms in total. The molecule has 0 radical (unpaired) electrons. The second-order valence-electron chi connectivity index (χ2n) is 7.08. The predicted molar refractivity (Wildman–Crippen MR) is 111 cm³/mol. The lowest BCUT2D eigenvalue weighted by Gasteiger charge is -2.12. The van der Waals surface area contributed by atoms with E-state index in [9.17, 15) is 4.79 Å². The summed E-state index contributed by atoms with van der Waals surface area (Å²) in [5.74, 6) is -0.0444. The van der Waals surface area contributed by atoms with Crippen molar-refractivity contribution < 1.29 is 9.69 Å². The molecule has 0 atom stereocenters. The average Bonchev–Trinajstić information content (AvgIpc) is 3.42. The molecule has 0 aliphatic carbocycles. The van der Waals surface area contributed by atoms with E-state index in [-0.39, 0.29) is 5.91 Å². The van der Waals surface area contributed by atoms with Crippen LogP contribution in [0, 0.1) is 6.92 Å². The predicted octanol–water partition coefficient (Wildman–Crippen LogP) is 3.29. The summed E-state index contributed by atoms with van der Waals surface area (Å²) in [5.41, 5.74) is 4.38. The lowest BCUT2D eigenvalue weighted by Crippen LogP contribution is -3.08. The molecule has 6 heteroatoms. The zero-order valence-corrected chi connectivity index (χ0v) is 17.1. The average molecular weight is 399 g/mol. The van der Waals surface area contributed by atoms with Gasteiger partial charge in [0, 0.05) is 35.9 Å². The minimum absolute atomic E-state index is 0.0444. The van der Waals surface area contributed by atoms with Gasteiger partial charge in [-0.15, -0.1) is 11.3 Å². The van der Waals surface area contributed by atoms with Gasteiger partial charge in [0.2, 0.25) is 0 Å². The fourth-order valence-corrected chi connectivity index (χ4v) is 5.19. The molecule has 0 bridgehead atoms. The maximum Gasteiger partial charge on any atom is 0.263 e. The zero-order chi connectivity index (χ0) is 18.6. The van der Waals surface area contributed by atoms with E-state index < -0.39 is 0 Å². The number of aromatic nitrogens is 1. The van der Waals surface area contributed by atoms with Gasteiger partial charge in [0.25, 0.3) is 5.91 Å². The Kier molecular flexibility index (Phi) is 5.66. The van der Waals surface area contributed by atoms with Gasteiger partial charge >= 0.3 is 0 Å². The quantitative estimate of drug-likeness (QED) is 0.669. The first-order valence-electron chi connectivity index (χ1n) is 9.38. The fourth-order valence-electron chi connectivity index (χ4n) is 3.49. The summed E-state index contributed by atoms with van der Waals surface area (Å²) in [7, 11) is 0. The first kappa shape index (κ1) is 18.3. The van der Waals surface area contributed by atoms with Crippen molar-refractivity contribution in [3.8, 4) is 10.6 Å². The fraction of sp³-hybridized carbons (Fsp3) is 0.333. The van der Waals surface area contributed by atoms with Crippen LogP contribution in [0.5, 0.6) is 0 Å². The van der Waals surface area contributed by atoms with Crippen LogP contribution in [-0.4, -0.2) is 24.0 Å². The largest absolute Gasteiger partial charge is 0.347 e. The van der Waals surface area contributed by atoms with Gasteiger partial charge in [-0.1, -0.05) is 24.3 Å². The zero-order valence-electron chi connectivity index (χ0n) is 15.5. The number of thiophene rings is 1. The molecule has 1 aliphatic rings. The highest BCUT2D eigenvalue weighted by Gasteiger charge is 2.17. The van der Waals surface area contributed by atoms with Crippen molar-refractivity contribution in [2.75, 3.05) is 13.1 Å². The molecule has 3 aromatic rings. The van der Waals surface area contributed by atoms with E-state index in [4.69, 9.17) is 0 Å². The molecule has 0 spiro atoms. The maximum atomic E-state index is 12.6. The summed E-state index contributed by atoms with van der Waals surface area (Å²) in [6, 6.07) is 10.7. The molecule has 0 unspecified atom stereocenters. The standard InChI is InChI=1S/C21H23N3OS2/c1-15-19(27-21(23-15)18-8-11-26-14-18)20(25)22-12-16-4-6-17(7-5-16)13-24-9-2-3-10-24/h4-8,11,14H,2-3,9-10,12-13H2,1H3,(H,22,25)/p+1. The molecule has 0 saturated carbocycles. The molecule has 140 valence electrons. The first-order chi connectivity index (χ1) is 13.2. The summed E-state index contributed by atoms with van der Waals surface area (Å²) in [4.78, 5) is 19.5. The van der Waals surface area contributed by atoms with Gasteiger partial charge in [0.1, 0.15) is 16.4 Å². The molecule has 3 heterocycles. The number of aryl methyl sites for hydroxylation is 1. The van der Waals surface area contributed by atoms with Gasteiger partial charge in [-0.3, -0.25) is 4.79 Å².